The van der Waals surface area contributed by atoms with E-state index < -0.39 is 5.54 Å². The molecule has 0 saturated heterocycles. The van der Waals surface area contributed by atoms with E-state index in [0.29, 0.717) is 11.3 Å². The number of hydrogen-bond acceptors (Lipinski definition) is 3. The molecule has 2 rings (SSSR count). The molecule has 1 fully saturated rings. The number of amides is 1. The van der Waals surface area contributed by atoms with Crippen molar-refractivity contribution in [2.75, 3.05) is 12.3 Å². The second-order valence-electron chi connectivity index (χ2n) is 5.98. The highest BCUT2D eigenvalue weighted by molar-refractivity contribution is 5.97. The molecule has 0 radical (unpaired) electrons. The van der Waals surface area contributed by atoms with Crippen LogP contribution in [0, 0.1) is 13.8 Å². The monoisotopic (exact) mass is 276 g/mol. The van der Waals surface area contributed by atoms with Crippen LogP contribution < -0.4 is 11.1 Å². The van der Waals surface area contributed by atoms with Gasteiger partial charge in [0.15, 0.2) is 0 Å². The van der Waals surface area contributed by atoms with Gasteiger partial charge in [-0.3, -0.25) is 4.79 Å². The molecule has 1 aromatic carbocycles. The van der Waals surface area contributed by atoms with Gasteiger partial charge < -0.3 is 16.2 Å². The Kier molecular flexibility index (Phi) is 4.33. The largest absolute Gasteiger partial charge is 0.398 e. The molecule has 4 nitrogen and oxygen atoms in total. The molecule has 0 aliphatic heterocycles. The maximum absolute atomic E-state index is 12.5. The van der Waals surface area contributed by atoms with Crippen LogP contribution in [0.15, 0.2) is 12.1 Å². The number of carbonyl (C=O) groups is 1. The fourth-order valence-corrected chi connectivity index (χ4v) is 2.97. The zero-order chi connectivity index (χ0) is 14.8. The first kappa shape index (κ1) is 14.9. The first-order chi connectivity index (χ1) is 9.47. The fraction of sp³-hybridized carbons (Fsp3) is 0.562. The topological polar surface area (TPSA) is 75.3 Å². The Morgan fingerprint density at radius 1 is 1.25 bits per heavy atom. The number of aryl methyl sites for hydroxylation is 2. The molecule has 1 amide bonds. The Labute approximate surface area is 120 Å². The Hall–Kier alpha value is -1.55. The lowest BCUT2D eigenvalue weighted by atomic mass is 9.82. The number of nitrogens with one attached hydrogen (secondary N) is 1. The Morgan fingerprint density at radius 2 is 1.90 bits per heavy atom. The average molecular weight is 276 g/mol. The van der Waals surface area contributed by atoms with Crippen LogP contribution in [0.1, 0.15) is 53.6 Å². The van der Waals surface area contributed by atoms with Gasteiger partial charge in [0.2, 0.25) is 0 Å². The summed E-state index contributed by atoms with van der Waals surface area (Å²) in [5.74, 6) is -0.134. The normalized spacial score (nSPS) is 17.8. The van der Waals surface area contributed by atoms with E-state index in [1.165, 1.54) is 6.42 Å². The molecule has 4 heteroatoms. The standard InChI is InChI=1S/C16H24N2O2/c1-11-8-12(2)14(17)9-13(11)15(20)18-16(10-19)6-4-3-5-7-16/h8-9,19H,3-7,10,17H2,1-2H3,(H,18,20). The van der Waals surface area contributed by atoms with E-state index in [4.69, 9.17) is 5.73 Å². The minimum absolute atomic E-state index is 0.000862. The molecule has 4 N–H and O–H groups in total. The van der Waals surface area contributed by atoms with Crippen LogP contribution in [0.2, 0.25) is 0 Å². The molecule has 0 aromatic heterocycles. The van der Waals surface area contributed by atoms with Gasteiger partial charge in [-0.2, -0.15) is 0 Å². The summed E-state index contributed by atoms with van der Waals surface area (Å²) in [6.07, 6.45) is 4.96. The molecule has 0 unspecified atom stereocenters. The zero-order valence-electron chi connectivity index (χ0n) is 12.3. The van der Waals surface area contributed by atoms with Crippen molar-refractivity contribution >= 4 is 11.6 Å². The Morgan fingerprint density at radius 3 is 2.50 bits per heavy atom. The van der Waals surface area contributed by atoms with Gasteiger partial charge >= 0.3 is 0 Å². The van der Waals surface area contributed by atoms with Gasteiger partial charge in [0.1, 0.15) is 0 Å². The summed E-state index contributed by atoms with van der Waals surface area (Å²) in [6, 6.07) is 3.66. The van der Waals surface area contributed by atoms with Crippen LogP contribution in [0.4, 0.5) is 5.69 Å². The van der Waals surface area contributed by atoms with Crippen LogP contribution in [0.3, 0.4) is 0 Å². The summed E-state index contributed by atoms with van der Waals surface area (Å²) in [5, 5.41) is 12.7. The van der Waals surface area contributed by atoms with E-state index in [2.05, 4.69) is 5.32 Å². The van der Waals surface area contributed by atoms with Crippen molar-refractivity contribution in [3.05, 3.63) is 28.8 Å². The number of aliphatic hydroxyl groups excluding tert-OH is 1. The molecule has 20 heavy (non-hydrogen) atoms. The third-order valence-electron chi connectivity index (χ3n) is 4.35. The van der Waals surface area contributed by atoms with Crippen molar-refractivity contribution in [2.24, 2.45) is 0 Å². The predicted octanol–water partition coefficient (Wildman–Crippen LogP) is 2.31. The van der Waals surface area contributed by atoms with Crippen LogP contribution in [-0.2, 0) is 0 Å². The van der Waals surface area contributed by atoms with Gasteiger partial charge in [0.05, 0.1) is 12.1 Å². The summed E-state index contributed by atoms with van der Waals surface area (Å²) >= 11 is 0. The number of rotatable bonds is 3. The number of nitrogen functional groups attached to an aromatic ring is 1. The van der Waals surface area contributed by atoms with Gasteiger partial charge in [0.25, 0.3) is 5.91 Å². The van der Waals surface area contributed by atoms with Crippen LogP contribution in [0.25, 0.3) is 0 Å². The summed E-state index contributed by atoms with van der Waals surface area (Å²) in [7, 11) is 0. The van der Waals surface area contributed by atoms with Gasteiger partial charge in [-0.15, -0.1) is 0 Å². The van der Waals surface area contributed by atoms with E-state index in [0.717, 1.165) is 36.8 Å². The maximum atomic E-state index is 12.5. The molecule has 1 aliphatic rings. The van der Waals surface area contributed by atoms with Crippen LogP contribution in [-0.4, -0.2) is 23.2 Å². The molecular formula is C16H24N2O2. The molecule has 0 atom stereocenters. The average Bonchev–Trinajstić information content (AvgIpc) is 2.43. The number of carbonyl (C=O) groups excluding carboxylic acids is 1. The van der Waals surface area contributed by atoms with E-state index >= 15 is 0 Å². The van der Waals surface area contributed by atoms with Crippen LogP contribution in [0.5, 0.6) is 0 Å². The third-order valence-corrected chi connectivity index (χ3v) is 4.35. The zero-order valence-corrected chi connectivity index (χ0v) is 12.3. The Bertz CT molecular complexity index is 505. The lowest BCUT2D eigenvalue weighted by Gasteiger charge is -2.36. The first-order valence-corrected chi connectivity index (χ1v) is 7.27. The van der Waals surface area contributed by atoms with Crippen molar-refractivity contribution in [1.82, 2.24) is 5.32 Å². The quantitative estimate of drug-likeness (QED) is 0.742. The highest BCUT2D eigenvalue weighted by Gasteiger charge is 2.33. The maximum Gasteiger partial charge on any atom is 0.252 e. The van der Waals surface area contributed by atoms with Crippen molar-refractivity contribution in [3.8, 4) is 0 Å². The minimum atomic E-state index is -0.457. The molecule has 1 aromatic rings. The fourth-order valence-electron chi connectivity index (χ4n) is 2.97. The van der Waals surface area contributed by atoms with Crippen molar-refractivity contribution in [1.29, 1.82) is 0 Å². The summed E-state index contributed by atoms with van der Waals surface area (Å²) in [4.78, 5) is 12.5. The number of anilines is 1. The highest BCUT2D eigenvalue weighted by atomic mass is 16.3. The number of benzene rings is 1. The number of nitrogens with two attached hydrogens (primary N) is 1. The molecule has 0 bridgehead atoms. The lowest BCUT2D eigenvalue weighted by Crippen LogP contribution is -2.52. The smallest absolute Gasteiger partial charge is 0.252 e. The predicted molar refractivity (Wildman–Crippen MR) is 80.7 cm³/mol. The van der Waals surface area contributed by atoms with E-state index in [-0.39, 0.29) is 12.5 Å². The van der Waals surface area contributed by atoms with Gasteiger partial charge in [-0.1, -0.05) is 25.3 Å². The molecule has 0 heterocycles. The summed E-state index contributed by atoms with van der Waals surface area (Å²) in [5.41, 5.74) is 8.57. The van der Waals surface area contributed by atoms with Crippen molar-refractivity contribution in [2.45, 2.75) is 51.5 Å². The summed E-state index contributed by atoms with van der Waals surface area (Å²) < 4.78 is 0. The molecule has 1 aliphatic carbocycles. The van der Waals surface area contributed by atoms with Gasteiger partial charge in [-0.25, -0.2) is 0 Å². The second-order valence-corrected chi connectivity index (χ2v) is 5.98. The van der Waals surface area contributed by atoms with Crippen LogP contribution >= 0.6 is 0 Å². The van der Waals surface area contributed by atoms with E-state index in [1.54, 1.807) is 6.07 Å². The van der Waals surface area contributed by atoms with Crippen molar-refractivity contribution < 1.29 is 9.90 Å². The third kappa shape index (κ3) is 2.96. The highest BCUT2D eigenvalue weighted by Crippen LogP contribution is 2.28. The van der Waals surface area contributed by atoms with Gasteiger partial charge in [-0.05, 0) is 43.9 Å². The van der Waals surface area contributed by atoms with E-state index in [9.17, 15) is 9.90 Å². The van der Waals surface area contributed by atoms with E-state index in [1.807, 2.05) is 19.9 Å². The second kappa shape index (κ2) is 5.83. The lowest BCUT2D eigenvalue weighted by molar-refractivity contribution is 0.0758. The van der Waals surface area contributed by atoms with Gasteiger partial charge in [0, 0.05) is 11.3 Å². The Balaban J connectivity index is 2.21. The first-order valence-electron chi connectivity index (χ1n) is 7.27. The number of hydrogen-bond donors (Lipinski definition) is 3. The number of aliphatic hydroxyl groups is 1. The molecule has 1 saturated carbocycles. The summed E-state index contributed by atoms with van der Waals surface area (Å²) in [6.45, 7) is 3.84. The molecule has 110 valence electrons. The minimum Gasteiger partial charge on any atom is -0.398 e. The molecular weight excluding hydrogens is 252 g/mol. The SMILES string of the molecule is Cc1cc(C)c(C(=O)NC2(CO)CCCCC2)cc1N. The van der Waals surface area contributed by atoms with Crippen molar-refractivity contribution in [3.63, 3.8) is 0 Å². The molecule has 0 spiro atoms.